The van der Waals surface area contributed by atoms with Gasteiger partial charge in [0.25, 0.3) is 0 Å². The van der Waals surface area contributed by atoms with Gasteiger partial charge < -0.3 is 19.5 Å². The summed E-state index contributed by atoms with van der Waals surface area (Å²) in [6.07, 6.45) is 8.92. The smallest absolute Gasteiger partial charge is 0.218 e. The van der Waals surface area contributed by atoms with Crippen molar-refractivity contribution in [2.45, 2.75) is 44.9 Å². The van der Waals surface area contributed by atoms with Crippen LogP contribution in [0, 0.1) is 0 Å². The van der Waals surface area contributed by atoms with E-state index in [1.807, 2.05) is 20.2 Å². The van der Waals surface area contributed by atoms with Gasteiger partial charge in [0, 0.05) is 51.3 Å². The van der Waals surface area contributed by atoms with Crippen LogP contribution in [0.4, 0.5) is 0 Å². The molecule has 0 amide bonds. The Morgan fingerprint density at radius 3 is 2.85 bits per heavy atom. The van der Waals surface area contributed by atoms with E-state index >= 15 is 0 Å². The summed E-state index contributed by atoms with van der Waals surface area (Å²) in [5, 5.41) is 3.43. The van der Waals surface area contributed by atoms with Crippen LogP contribution in [0.2, 0.25) is 0 Å². The Hall–Kier alpha value is -2.50. The highest BCUT2D eigenvalue weighted by Gasteiger charge is 2.19. The first-order valence-electron chi connectivity index (χ1n) is 9.30. The lowest BCUT2D eigenvalue weighted by atomic mass is 10.2. The van der Waals surface area contributed by atoms with Crippen LogP contribution in [0.5, 0.6) is 5.88 Å². The zero-order chi connectivity index (χ0) is 18.4. The molecule has 26 heavy (non-hydrogen) atoms. The highest BCUT2D eigenvalue weighted by atomic mass is 16.5. The number of rotatable bonds is 6. The van der Waals surface area contributed by atoms with Crippen molar-refractivity contribution in [3.05, 3.63) is 47.9 Å². The van der Waals surface area contributed by atoms with E-state index in [1.54, 1.807) is 6.20 Å². The molecule has 0 aliphatic heterocycles. The molecule has 1 saturated carbocycles. The fourth-order valence-corrected chi connectivity index (χ4v) is 3.37. The van der Waals surface area contributed by atoms with Crippen molar-refractivity contribution in [1.82, 2.24) is 19.8 Å². The summed E-state index contributed by atoms with van der Waals surface area (Å²) in [6.45, 7) is 1.43. The van der Waals surface area contributed by atoms with Crippen molar-refractivity contribution in [3.63, 3.8) is 0 Å². The quantitative estimate of drug-likeness (QED) is 0.639. The molecule has 2 aromatic heterocycles. The molecule has 0 spiro atoms. The van der Waals surface area contributed by atoms with E-state index in [4.69, 9.17) is 4.74 Å². The summed E-state index contributed by atoms with van der Waals surface area (Å²) in [6, 6.07) is 8.20. The van der Waals surface area contributed by atoms with Crippen molar-refractivity contribution < 1.29 is 4.74 Å². The maximum absolute atomic E-state index is 6.13. The van der Waals surface area contributed by atoms with Crippen LogP contribution in [0.25, 0.3) is 0 Å². The van der Waals surface area contributed by atoms with Crippen molar-refractivity contribution in [3.8, 4) is 5.88 Å². The third kappa shape index (κ3) is 4.56. The summed E-state index contributed by atoms with van der Waals surface area (Å²) in [4.78, 5) is 11.0. The number of ether oxygens (including phenoxy) is 1. The van der Waals surface area contributed by atoms with Gasteiger partial charge in [0.05, 0.1) is 6.54 Å². The second kappa shape index (κ2) is 8.74. The lowest BCUT2D eigenvalue weighted by Crippen LogP contribution is -2.38. The van der Waals surface area contributed by atoms with Crippen molar-refractivity contribution >= 4 is 5.96 Å². The number of aryl methyl sites for hydroxylation is 1. The van der Waals surface area contributed by atoms with Gasteiger partial charge in [-0.3, -0.25) is 4.99 Å². The largest absolute Gasteiger partial charge is 0.474 e. The first kappa shape index (κ1) is 18.3. The van der Waals surface area contributed by atoms with Crippen molar-refractivity contribution in [2.75, 3.05) is 14.1 Å². The maximum Gasteiger partial charge on any atom is 0.218 e. The molecule has 1 fully saturated rings. The Kier molecular flexibility index (Phi) is 6.15. The lowest BCUT2D eigenvalue weighted by molar-refractivity contribution is 0.199. The molecule has 2 heterocycles. The SMILES string of the molecule is CN=C(NCc1cccnc1OC1CCCC1)N(C)Cc1cccn1C. The standard InChI is InChI=1S/C20H29N5O/c1-21-20(25(3)15-17-9-7-13-24(17)2)23-14-16-8-6-12-22-19(16)26-18-10-4-5-11-18/h6-9,12-13,18H,4-5,10-11,14-15H2,1-3H3,(H,21,23). The first-order valence-corrected chi connectivity index (χ1v) is 9.30. The number of pyridine rings is 1. The minimum Gasteiger partial charge on any atom is -0.474 e. The highest BCUT2D eigenvalue weighted by Crippen LogP contribution is 2.24. The molecule has 1 aliphatic rings. The van der Waals surface area contributed by atoms with E-state index in [2.05, 4.69) is 56.2 Å². The van der Waals surface area contributed by atoms with Gasteiger partial charge in [0.15, 0.2) is 5.96 Å². The number of hydrogen-bond donors (Lipinski definition) is 1. The lowest BCUT2D eigenvalue weighted by Gasteiger charge is -2.23. The Morgan fingerprint density at radius 2 is 2.15 bits per heavy atom. The van der Waals surface area contributed by atoms with Gasteiger partial charge in [-0.1, -0.05) is 6.07 Å². The molecular formula is C20H29N5O. The van der Waals surface area contributed by atoms with Gasteiger partial charge in [-0.2, -0.15) is 0 Å². The fourth-order valence-electron chi connectivity index (χ4n) is 3.37. The molecule has 2 aromatic rings. The molecule has 6 heteroatoms. The maximum atomic E-state index is 6.13. The van der Waals surface area contributed by atoms with Crippen LogP contribution in [-0.4, -0.2) is 40.6 Å². The Morgan fingerprint density at radius 1 is 1.35 bits per heavy atom. The normalized spacial score (nSPS) is 15.3. The predicted octanol–water partition coefficient (Wildman–Crippen LogP) is 2.95. The molecule has 0 atom stereocenters. The number of nitrogens with one attached hydrogen (secondary N) is 1. The summed E-state index contributed by atoms with van der Waals surface area (Å²) in [5.41, 5.74) is 2.30. The van der Waals surface area contributed by atoms with E-state index in [-0.39, 0.29) is 0 Å². The minimum absolute atomic E-state index is 0.308. The van der Waals surface area contributed by atoms with Gasteiger partial charge >= 0.3 is 0 Å². The fraction of sp³-hybridized carbons (Fsp3) is 0.500. The number of aliphatic imine (C=N–C) groups is 1. The molecule has 0 bridgehead atoms. The first-order chi connectivity index (χ1) is 12.7. The average molecular weight is 355 g/mol. The third-order valence-corrected chi connectivity index (χ3v) is 4.89. The van der Waals surface area contributed by atoms with Crippen LogP contribution in [0.3, 0.4) is 0 Å². The molecule has 0 unspecified atom stereocenters. The molecule has 0 radical (unpaired) electrons. The van der Waals surface area contributed by atoms with E-state index < -0.39 is 0 Å². The minimum atomic E-state index is 0.308. The summed E-state index contributed by atoms with van der Waals surface area (Å²) < 4.78 is 8.25. The predicted molar refractivity (Wildman–Crippen MR) is 104 cm³/mol. The van der Waals surface area contributed by atoms with Crippen LogP contribution in [0.1, 0.15) is 36.9 Å². The molecule has 140 valence electrons. The molecule has 0 saturated heterocycles. The molecule has 1 aliphatic carbocycles. The second-order valence-corrected chi connectivity index (χ2v) is 6.86. The van der Waals surface area contributed by atoms with Gasteiger partial charge in [0.1, 0.15) is 6.10 Å². The number of aromatic nitrogens is 2. The van der Waals surface area contributed by atoms with Crippen LogP contribution >= 0.6 is 0 Å². The monoisotopic (exact) mass is 355 g/mol. The van der Waals surface area contributed by atoms with Crippen LogP contribution in [-0.2, 0) is 20.1 Å². The summed E-state index contributed by atoms with van der Waals surface area (Å²) in [5.74, 6) is 1.59. The Labute approximate surface area is 155 Å². The Balaban J connectivity index is 1.60. The van der Waals surface area contributed by atoms with E-state index in [1.165, 1.54) is 18.5 Å². The number of guanidine groups is 1. The van der Waals surface area contributed by atoms with E-state index in [9.17, 15) is 0 Å². The van der Waals surface area contributed by atoms with Gasteiger partial charge in [-0.15, -0.1) is 0 Å². The summed E-state index contributed by atoms with van der Waals surface area (Å²) >= 11 is 0. The van der Waals surface area contributed by atoms with Crippen molar-refractivity contribution in [1.29, 1.82) is 0 Å². The highest BCUT2D eigenvalue weighted by molar-refractivity contribution is 5.79. The molecule has 3 rings (SSSR count). The molecule has 0 aromatic carbocycles. The van der Waals surface area contributed by atoms with Gasteiger partial charge in [0.2, 0.25) is 5.88 Å². The number of hydrogen-bond acceptors (Lipinski definition) is 3. The van der Waals surface area contributed by atoms with Crippen molar-refractivity contribution in [2.24, 2.45) is 12.0 Å². The zero-order valence-electron chi connectivity index (χ0n) is 16.0. The van der Waals surface area contributed by atoms with E-state index in [0.29, 0.717) is 12.6 Å². The molecule has 6 nitrogen and oxygen atoms in total. The van der Waals surface area contributed by atoms with Crippen LogP contribution in [0.15, 0.2) is 41.7 Å². The second-order valence-electron chi connectivity index (χ2n) is 6.86. The summed E-state index contributed by atoms with van der Waals surface area (Å²) in [7, 11) is 5.91. The average Bonchev–Trinajstić information content (AvgIpc) is 3.29. The third-order valence-electron chi connectivity index (χ3n) is 4.89. The molecular weight excluding hydrogens is 326 g/mol. The zero-order valence-corrected chi connectivity index (χ0v) is 16.0. The Bertz CT molecular complexity index is 733. The van der Waals surface area contributed by atoms with Gasteiger partial charge in [-0.25, -0.2) is 4.98 Å². The van der Waals surface area contributed by atoms with Crippen LogP contribution < -0.4 is 10.1 Å². The molecule has 1 N–H and O–H groups in total. The van der Waals surface area contributed by atoms with E-state index in [0.717, 1.165) is 36.8 Å². The topological polar surface area (TPSA) is 54.7 Å². The number of nitrogens with zero attached hydrogens (tertiary/aromatic N) is 4. The van der Waals surface area contributed by atoms with Gasteiger partial charge in [-0.05, 0) is 43.9 Å².